The molecule has 38 heavy (non-hydrogen) atoms. The highest BCUT2D eigenvalue weighted by Crippen LogP contribution is 2.45. The molecule has 1 unspecified atom stereocenters. The van der Waals surface area contributed by atoms with Gasteiger partial charge in [-0.3, -0.25) is 0 Å². The number of hydrogen-bond donors (Lipinski definition) is 1. The van der Waals surface area contributed by atoms with E-state index >= 15 is 0 Å². The monoisotopic (exact) mass is 513 g/mol. The standard InChI is InChI=1S/C32H33F2N3O/c1-2-37(16-4-3-6-24-21-36-31-14-12-28(34)19-29(24)31)17-5-15-32(26-8-10-27(33)11-9-26)30-13-7-23(20-35)18-25(30)22-38-32/h7-14,18-19,21,36H,2-6,15-17,22H2,1H3. The summed E-state index contributed by atoms with van der Waals surface area (Å²) in [4.78, 5) is 5.70. The summed E-state index contributed by atoms with van der Waals surface area (Å²) in [6, 6.07) is 19.5. The van der Waals surface area contributed by atoms with Gasteiger partial charge in [-0.1, -0.05) is 25.1 Å². The fourth-order valence-electron chi connectivity index (χ4n) is 5.75. The maximum absolute atomic E-state index is 13.7. The molecule has 4 aromatic rings. The molecule has 0 saturated heterocycles. The largest absolute Gasteiger partial charge is 0.361 e. The first kappa shape index (κ1) is 26.1. The predicted molar refractivity (Wildman–Crippen MR) is 146 cm³/mol. The zero-order valence-electron chi connectivity index (χ0n) is 21.8. The van der Waals surface area contributed by atoms with Gasteiger partial charge in [-0.25, -0.2) is 8.78 Å². The average molecular weight is 514 g/mol. The van der Waals surface area contributed by atoms with E-state index in [9.17, 15) is 14.0 Å². The summed E-state index contributed by atoms with van der Waals surface area (Å²) in [5, 5.41) is 10.3. The van der Waals surface area contributed by atoms with E-state index in [0.29, 0.717) is 12.2 Å². The minimum atomic E-state index is -0.638. The van der Waals surface area contributed by atoms with Crippen LogP contribution < -0.4 is 0 Å². The molecule has 1 aromatic heterocycles. The lowest BCUT2D eigenvalue weighted by atomic mass is 9.81. The van der Waals surface area contributed by atoms with Crippen LogP contribution in [0.2, 0.25) is 0 Å². The summed E-state index contributed by atoms with van der Waals surface area (Å²) >= 11 is 0. The molecule has 1 atom stereocenters. The van der Waals surface area contributed by atoms with E-state index < -0.39 is 5.60 Å². The minimum absolute atomic E-state index is 0.201. The van der Waals surface area contributed by atoms with Crippen molar-refractivity contribution < 1.29 is 13.5 Å². The number of aromatic nitrogens is 1. The molecule has 3 aromatic carbocycles. The van der Waals surface area contributed by atoms with Crippen LogP contribution in [0.4, 0.5) is 8.78 Å². The third-order valence-corrected chi connectivity index (χ3v) is 7.80. The van der Waals surface area contributed by atoms with Gasteiger partial charge in [0.25, 0.3) is 0 Å². The van der Waals surface area contributed by atoms with Crippen LogP contribution in [0.15, 0.2) is 66.9 Å². The second kappa shape index (κ2) is 11.5. The number of hydrogen-bond acceptors (Lipinski definition) is 3. The minimum Gasteiger partial charge on any atom is -0.361 e. The summed E-state index contributed by atoms with van der Waals surface area (Å²) < 4.78 is 33.9. The molecule has 1 N–H and O–H groups in total. The molecule has 0 spiro atoms. The van der Waals surface area contributed by atoms with Crippen LogP contribution in [0.25, 0.3) is 10.9 Å². The van der Waals surface area contributed by atoms with E-state index in [-0.39, 0.29) is 11.6 Å². The molecule has 1 aliphatic heterocycles. The molecular formula is C32H33F2N3O. The molecule has 4 nitrogen and oxygen atoms in total. The Morgan fingerprint density at radius 3 is 2.55 bits per heavy atom. The van der Waals surface area contributed by atoms with Crippen molar-refractivity contribution in [2.75, 3.05) is 19.6 Å². The molecule has 0 fully saturated rings. The van der Waals surface area contributed by atoms with E-state index in [2.05, 4.69) is 22.9 Å². The third-order valence-electron chi connectivity index (χ3n) is 7.80. The number of fused-ring (bicyclic) bond motifs is 2. The van der Waals surface area contributed by atoms with Crippen LogP contribution in [-0.4, -0.2) is 29.5 Å². The number of H-pyrrole nitrogens is 1. The smallest absolute Gasteiger partial charge is 0.123 e. The summed E-state index contributed by atoms with van der Waals surface area (Å²) in [5.41, 5.74) is 5.17. The molecule has 0 radical (unpaired) electrons. The van der Waals surface area contributed by atoms with Crippen molar-refractivity contribution in [2.24, 2.45) is 0 Å². The second-order valence-corrected chi connectivity index (χ2v) is 10.1. The summed E-state index contributed by atoms with van der Waals surface area (Å²) in [6.45, 7) is 5.53. The van der Waals surface area contributed by atoms with Gasteiger partial charge in [-0.05, 0) is 116 Å². The van der Waals surface area contributed by atoms with Gasteiger partial charge in [-0.15, -0.1) is 0 Å². The van der Waals surface area contributed by atoms with Crippen LogP contribution >= 0.6 is 0 Å². The van der Waals surface area contributed by atoms with Crippen molar-refractivity contribution in [1.29, 1.82) is 5.26 Å². The van der Waals surface area contributed by atoms with Gasteiger partial charge >= 0.3 is 0 Å². The number of nitrogens with one attached hydrogen (secondary N) is 1. The Kier molecular flexibility index (Phi) is 7.87. The Morgan fingerprint density at radius 2 is 1.76 bits per heavy atom. The first-order chi connectivity index (χ1) is 18.5. The first-order valence-corrected chi connectivity index (χ1v) is 13.4. The number of nitriles is 1. The van der Waals surface area contributed by atoms with Crippen molar-refractivity contribution in [2.45, 2.75) is 51.2 Å². The van der Waals surface area contributed by atoms with Crippen molar-refractivity contribution >= 4 is 10.9 Å². The normalized spacial score (nSPS) is 16.7. The molecule has 0 bridgehead atoms. The van der Waals surface area contributed by atoms with Crippen LogP contribution in [0, 0.1) is 23.0 Å². The Balaban J connectivity index is 1.20. The number of unbranched alkanes of at least 4 members (excludes halogenated alkanes) is 1. The van der Waals surface area contributed by atoms with Gasteiger partial charge in [0, 0.05) is 17.1 Å². The highest BCUT2D eigenvalue weighted by molar-refractivity contribution is 5.83. The van der Waals surface area contributed by atoms with Gasteiger partial charge in [0.15, 0.2) is 0 Å². The Morgan fingerprint density at radius 1 is 0.974 bits per heavy atom. The van der Waals surface area contributed by atoms with E-state index in [1.54, 1.807) is 12.1 Å². The molecular weight excluding hydrogens is 480 g/mol. The van der Waals surface area contributed by atoms with Gasteiger partial charge < -0.3 is 14.6 Å². The highest BCUT2D eigenvalue weighted by Gasteiger charge is 2.41. The number of aromatic amines is 1. The lowest BCUT2D eigenvalue weighted by Gasteiger charge is -2.32. The van der Waals surface area contributed by atoms with Gasteiger partial charge in [0.1, 0.15) is 17.2 Å². The topological polar surface area (TPSA) is 52.0 Å². The van der Waals surface area contributed by atoms with Crippen molar-refractivity contribution in [3.8, 4) is 6.07 Å². The number of halogens is 2. The molecule has 1 aliphatic rings. The van der Waals surface area contributed by atoms with Crippen LogP contribution in [0.3, 0.4) is 0 Å². The molecule has 0 aliphatic carbocycles. The Hall–Kier alpha value is -3.53. The molecule has 0 amide bonds. The number of benzene rings is 3. The number of aryl methyl sites for hydroxylation is 1. The number of ether oxygens (including phenoxy) is 1. The lowest BCUT2D eigenvalue weighted by molar-refractivity contribution is -0.0145. The molecule has 6 heteroatoms. The predicted octanol–water partition coefficient (Wildman–Crippen LogP) is 7.22. The van der Waals surface area contributed by atoms with Gasteiger partial charge in [-0.2, -0.15) is 5.26 Å². The molecule has 0 saturated carbocycles. The van der Waals surface area contributed by atoms with E-state index in [0.717, 1.165) is 79.3 Å². The van der Waals surface area contributed by atoms with Crippen molar-refractivity contribution in [1.82, 2.24) is 9.88 Å². The Bertz CT molecular complexity index is 1440. The number of nitrogens with zero attached hydrogens (tertiary/aromatic N) is 2. The zero-order chi connectivity index (χ0) is 26.5. The Labute approximate surface area is 222 Å². The number of rotatable bonds is 11. The van der Waals surface area contributed by atoms with E-state index in [1.807, 2.05) is 36.5 Å². The summed E-state index contributed by atoms with van der Waals surface area (Å²) in [5.74, 6) is -0.467. The maximum atomic E-state index is 13.7. The summed E-state index contributed by atoms with van der Waals surface area (Å²) in [6.07, 6.45) is 6.72. The van der Waals surface area contributed by atoms with Gasteiger partial charge in [0.05, 0.1) is 18.2 Å². The van der Waals surface area contributed by atoms with Crippen LogP contribution in [-0.2, 0) is 23.4 Å². The molecule has 5 rings (SSSR count). The fraction of sp³-hybridized carbons (Fsp3) is 0.344. The quantitative estimate of drug-likeness (QED) is 0.216. The van der Waals surface area contributed by atoms with Gasteiger partial charge in [0.2, 0.25) is 0 Å². The maximum Gasteiger partial charge on any atom is 0.123 e. The third kappa shape index (κ3) is 5.36. The lowest BCUT2D eigenvalue weighted by Crippen LogP contribution is -2.31. The summed E-state index contributed by atoms with van der Waals surface area (Å²) in [7, 11) is 0. The molecule has 196 valence electrons. The van der Waals surface area contributed by atoms with Crippen LogP contribution in [0.5, 0.6) is 0 Å². The van der Waals surface area contributed by atoms with Crippen molar-refractivity contribution in [3.05, 3.63) is 106 Å². The molecule has 2 heterocycles. The fourth-order valence-corrected chi connectivity index (χ4v) is 5.75. The zero-order valence-corrected chi connectivity index (χ0v) is 21.8. The van der Waals surface area contributed by atoms with E-state index in [4.69, 9.17) is 4.74 Å². The first-order valence-electron chi connectivity index (χ1n) is 13.4. The van der Waals surface area contributed by atoms with Crippen LogP contribution in [0.1, 0.15) is 60.4 Å². The second-order valence-electron chi connectivity index (χ2n) is 10.1. The van der Waals surface area contributed by atoms with Crippen molar-refractivity contribution in [3.63, 3.8) is 0 Å². The average Bonchev–Trinajstić information content (AvgIpc) is 3.51. The van der Waals surface area contributed by atoms with E-state index in [1.165, 1.54) is 23.8 Å². The highest BCUT2D eigenvalue weighted by atomic mass is 19.1. The SMILES string of the molecule is CCN(CCCCc1c[nH]c2ccc(F)cc12)CCCC1(c2ccc(F)cc2)OCc2cc(C#N)ccc21.